The third-order valence-corrected chi connectivity index (χ3v) is 5.08. The molecule has 0 spiro atoms. The number of likely N-dealkylation sites (tertiary alicyclic amines) is 1. The highest BCUT2D eigenvalue weighted by Gasteiger charge is 2.21. The molecular weight excluding hydrogens is 317 g/mol. The third kappa shape index (κ3) is 3.09. The van der Waals surface area contributed by atoms with Crippen LogP contribution in [-0.4, -0.2) is 47.0 Å². The van der Waals surface area contributed by atoms with Gasteiger partial charge in [0.05, 0.1) is 6.54 Å². The van der Waals surface area contributed by atoms with Crippen LogP contribution in [-0.2, 0) is 6.54 Å². The van der Waals surface area contributed by atoms with Gasteiger partial charge < -0.3 is 14.5 Å². The molecule has 1 aromatic carbocycles. The van der Waals surface area contributed by atoms with Gasteiger partial charge in [0.1, 0.15) is 16.9 Å². The van der Waals surface area contributed by atoms with Gasteiger partial charge >= 0.3 is 0 Å². The summed E-state index contributed by atoms with van der Waals surface area (Å²) in [5.41, 5.74) is 2.59. The minimum absolute atomic E-state index is 0.214. The Morgan fingerprint density at radius 3 is 3.16 bits per heavy atom. The maximum atomic E-state index is 12.4. The van der Waals surface area contributed by atoms with Gasteiger partial charge in [-0.15, -0.1) is 0 Å². The number of aliphatic hydroxyl groups excluding tert-OH is 1. The molecule has 7 heteroatoms. The zero-order valence-electron chi connectivity index (χ0n) is 14.4. The number of furan rings is 1. The molecule has 0 aliphatic carbocycles. The van der Waals surface area contributed by atoms with E-state index in [1.807, 2.05) is 12.1 Å². The van der Waals surface area contributed by atoms with Gasteiger partial charge in [-0.05, 0) is 31.4 Å². The van der Waals surface area contributed by atoms with Crippen LogP contribution < -0.4 is 11.0 Å². The summed E-state index contributed by atoms with van der Waals surface area (Å²) in [7, 11) is 0.926. The first-order valence-corrected chi connectivity index (χ1v) is 8.95. The van der Waals surface area contributed by atoms with Crippen LogP contribution in [0, 0.1) is 5.92 Å². The fraction of sp³-hybridized carbons (Fsp3) is 0.444. The lowest BCUT2D eigenvalue weighted by Gasteiger charge is -2.31. The van der Waals surface area contributed by atoms with Crippen LogP contribution in [0.5, 0.6) is 0 Å². The maximum Gasteiger partial charge on any atom is 0.294 e. The highest BCUT2D eigenvalue weighted by Crippen LogP contribution is 2.24. The van der Waals surface area contributed by atoms with E-state index in [2.05, 4.69) is 22.8 Å². The quantitative estimate of drug-likeness (QED) is 0.693. The van der Waals surface area contributed by atoms with Gasteiger partial charge in [-0.1, -0.05) is 24.4 Å². The number of aliphatic hydroxyl groups is 1. The van der Waals surface area contributed by atoms with Crippen LogP contribution in [0.15, 0.2) is 27.4 Å². The molecule has 1 aliphatic rings. The van der Waals surface area contributed by atoms with E-state index < -0.39 is 0 Å². The summed E-state index contributed by atoms with van der Waals surface area (Å²) in [6.45, 7) is 4.70. The van der Waals surface area contributed by atoms with E-state index in [4.69, 9.17) is 9.40 Å². The summed E-state index contributed by atoms with van der Waals surface area (Å²) < 4.78 is 5.71. The Morgan fingerprint density at radius 2 is 2.36 bits per heavy atom. The Kier molecular flexibility index (Phi) is 4.35. The lowest BCUT2D eigenvalue weighted by molar-refractivity contribution is 0.114. The first-order chi connectivity index (χ1) is 12.2. The van der Waals surface area contributed by atoms with E-state index >= 15 is 0 Å². The second kappa shape index (κ2) is 6.65. The first kappa shape index (κ1) is 16.4. The topological polar surface area (TPSA) is 82.4 Å². The van der Waals surface area contributed by atoms with Crippen molar-refractivity contribution in [1.29, 1.82) is 0 Å². The average molecular weight is 339 g/mol. The number of benzene rings is 1. The van der Waals surface area contributed by atoms with Crippen LogP contribution in [0.4, 0.5) is 0 Å². The molecule has 0 amide bonds. The number of H-pyrrole nitrogens is 1. The molecule has 1 atom stereocenters. The van der Waals surface area contributed by atoms with Gasteiger partial charge in [-0.25, -0.2) is 4.98 Å². The molecule has 1 aliphatic heterocycles. The third-order valence-electron chi connectivity index (χ3n) is 5.08. The molecule has 1 fully saturated rings. The lowest BCUT2D eigenvalue weighted by atomic mass is 9.73. The number of hydrogen-bond donors (Lipinski definition) is 2. The molecule has 6 nitrogen and oxygen atoms in total. The number of piperidine rings is 1. The molecule has 3 aromatic rings. The minimum Gasteiger partial charge on any atom is -0.449 e. The largest absolute Gasteiger partial charge is 0.449 e. The summed E-state index contributed by atoms with van der Waals surface area (Å²) in [6, 6.07) is 5.98. The number of nitrogens with zero attached hydrogens (tertiary/aromatic N) is 2. The van der Waals surface area contributed by atoms with Gasteiger partial charge in [0.15, 0.2) is 7.28 Å². The molecule has 4 rings (SSSR count). The molecule has 130 valence electrons. The molecule has 0 bridgehead atoms. The molecule has 1 unspecified atom stereocenters. The Hall–Kier alpha value is -2.12. The predicted octanol–water partition coefficient (Wildman–Crippen LogP) is 0.983. The molecule has 0 saturated carbocycles. The van der Waals surface area contributed by atoms with E-state index in [1.54, 1.807) is 0 Å². The van der Waals surface area contributed by atoms with Crippen molar-refractivity contribution in [3.05, 3.63) is 34.4 Å². The molecule has 2 N–H and O–H groups in total. The number of fused-ring (bicyclic) bond motifs is 3. The van der Waals surface area contributed by atoms with Crippen LogP contribution in [0.2, 0.25) is 6.82 Å². The number of aromatic nitrogens is 2. The van der Waals surface area contributed by atoms with E-state index in [-0.39, 0.29) is 12.2 Å². The molecule has 3 heterocycles. The zero-order chi connectivity index (χ0) is 17.4. The standard InChI is InChI=1S/C18H22BN3O3/c1-19-12-4-5-14-13(7-12)16-17(25-14)18(24)21-15(20-16)9-22-6-2-3-11(8-22)10-23/h4-5,7,11,19,23H,2-3,6,8-10H2,1H3,(H,20,21,24). The van der Waals surface area contributed by atoms with E-state index in [9.17, 15) is 9.90 Å². The highest BCUT2D eigenvalue weighted by atomic mass is 16.3. The van der Waals surface area contributed by atoms with Crippen LogP contribution in [0.25, 0.3) is 22.1 Å². The summed E-state index contributed by atoms with van der Waals surface area (Å²) in [5, 5.41) is 10.3. The summed E-state index contributed by atoms with van der Waals surface area (Å²) in [4.78, 5) is 22.2. The SMILES string of the molecule is CBc1ccc2oc3c(=O)[nH]c(CN4CCCC(CO)C4)nc3c2c1. The van der Waals surface area contributed by atoms with Crippen molar-refractivity contribution >= 4 is 34.8 Å². The number of rotatable bonds is 4. The fourth-order valence-electron chi connectivity index (χ4n) is 3.70. The predicted molar refractivity (Wildman–Crippen MR) is 99.9 cm³/mol. The molecular formula is C18H22BN3O3. The average Bonchev–Trinajstić information content (AvgIpc) is 3.00. The number of hydrogen-bond acceptors (Lipinski definition) is 5. The fourth-order valence-corrected chi connectivity index (χ4v) is 3.70. The number of nitrogens with one attached hydrogen (secondary N) is 1. The second-order valence-electron chi connectivity index (χ2n) is 6.90. The molecule has 1 saturated heterocycles. The van der Waals surface area contributed by atoms with Crippen molar-refractivity contribution in [2.24, 2.45) is 5.92 Å². The van der Waals surface area contributed by atoms with E-state index in [1.165, 1.54) is 5.46 Å². The Morgan fingerprint density at radius 1 is 1.48 bits per heavy atom. The van der Waals surface area contributed by atoms with Crippen molar-refractivity contribution in [3.8, 4) is 0 Å². The second-order valence-corrected chi connectivity index (χ2v) is 6.90. The van der Waals surface area contributed by atoms with Crippen molar-refractivity contribution < 1.29 is 9.52 Å². The molecule has 2 aromatic heterocycles. The maximum absolute atomic E-state index is 12.4. The van der Waals surface area contributed by atoms with Gasteiger partial charge in [-0.3, -0.25) is 9.69 Å². The Labute approximate surface area is 146 Å². The van der Waals surface area contributed by atoms with Gasteiger partial charge in [0, 0.05) is 18.5 Å². The van der Waals surface area contributed by atoms with E-state index in [0.717, 1.165) is 38.6 Å². The van der Waals surface area contributed by atoms with Crippen molar-refractivity contribution in [3.63, 3.8) is 0 Å². The van der Waals surface area contributed by atoms with Crippen molar-refractivity contribution in [1.82, 2.24) is 14.9 Å². The lowest BCUT2D eigenvalue weighted by Crippen LogP contribution is -2.37. The van der Waals surface area contributed by atoms with Crippen LogP contribution >= 0.6 is 0 Å². The van der Waals surface area contributed by atoms with Gasteiger partial charge in [0.25, 0.3) is 5.56 Å². The Balaban J connectivity index is 1.72. The molecule has 25 heavy (non-hydrogen) atoms. The summed E-state index contributed by atoms with van der Waals surface area (Å²) >= 11 is 0. The van der Waals surface area contributed by atoms with Crippen LogP contribution in [0.3, 0.4) is 0 Å². The molecule has 0 radical (unpaired) electrons. The first-order valence-electron chi connectivity index (χ1n) is 8.95. The van der Waals surface area contributed by atoms with E-state index in [0.29, 0.717) is 35.0 Å². The van der Waals surface area contributed by atoms with Crippen LogP contribution in [0.1, 0.15) is 18.7 Å². The summed E-state index contributed by atoms with van der Waals surface area (Å²) in [6.07, 6.45) is 2.12. The summed E-state index contributed by atoms with van der Waals surface area (Å²) in [5.74, 6) is 0.965. The number of aromatic amines is 1. The van der Waals surface area contributed by atoms with Crippen molar-refractivity contribution in [2.75, 3.05) is 19.7 Å². The van der Waals surface area contributed by atoms with Gasteiger partial charge in [0.2, 0.25) is 5.58 Å². The zero-order valence-corrected chi connectivity index (χ0v) is 14.4. The van der Waals surface area contributed by atoms with Crippen molar-refractivity contribution in [2.45, 2.75) is 26.2 Å². The highest BCUT2D eigenvalue weighted by molar-refractivity contribution is 6.52. The smallest absolute Gasteiger partial charge is 0.294 e. The minimum atomic E-state index is -0.232. The normalized spacial score (nSPS) is 18.9. The van der Waals surface area contributed by atoms with Gasteiger partial charge in [-0.2, -0.15) is 0 Å². The monoisotopic (exact) mass is 339 g/mol. The Bertz CT molecular complexity index is 965.